The zero-order valence-corrected chi connectivity index (χ0v) is 14.7. The molecule has 4 nitrogen and oxygen atoms in total. The second kappa shape index (κ2) is 8.25. The lowest BCUT2D eigenvalue weighted by Crippen LogP contribution is -2.33. The maximum Gasteiger partial charge on any atom is 0.252 e. The lowest BCUT2D eigenvalue weighted by atomic mass is 10.2. The molecule has 1 aliphatic carbocycles. The zero-order valence-electron chi connectivity index (χ0n) is 13.9. The molecule has 0 bridgehead atoms. The highest BCUT2D eigenvalue weighted by Crippen LogP contribution is 2.29. The summed E-state index contributed by atoms with van der Waals surface area (Å²) in [4.78, 5) is 26.2. The van der Waals surface area contributed by atoms with Gasteiger partial charge in [0.05, 0.1) is 0 Å². The van der Waals surface area contributed by atoms with Crippen LogP contribution in [0.5, 0.6) is 0 Å². The molecule has 1 heterocycles. The molecule has 0 spiro atoms. The Bertz CT molecular complexity index is 712. The van der Waals surface area contributed by atoms with Crippen LogP contribution in [0.3, 0.4) is 0 Å². The van der Waals surface area contributed by atoms with Gasteiger partial charge in [0.15, 0.2) is 0 Å². The Morgan fingerprint density at radius 1 is 1.20 bits per heavy atom. The summed E-state index contributed by atoms with van der Waals surface area (Å²) in [5.74, 6) is -0.273. The Kier molecular flexibility index (Phi) is 5.81. The Hall–Kier alpha value is -2.21. The lowest BCUT2D eigenvalue weighted by molar-refractivity contribution is -0.132. The van der Waals surface area contributed by atoms with E-state index in [-0.39, 0.29) is 17.6 Å². The lowest BCUT2D eigenvalue weighted by Gasteiger charge is -2.22. The van der Waals surface area contributed by atoms with Crippen molar-refractivity contribution in [2.75, 3.05) is 6.54 Å². The second-order valence-electron chi connectivity index (χ2n) is 6.25. The molecular formula is C19H21FN2O2S. The fourth-order valence-electron chi connectivity index (χ4n) is 2.67. The summed E-state index contributed by atoms with van der Waals surface area (Å²) in [6, 6.07) is 8.37. The van der Waals surface area contributed by atoms with Crippen molar-refractivity contribution >= 4 is 23.2 Å². The van der Waals surface area contributed by atoms with Crippen LogP contribution in [0.25, 0.3) is 0 Å². The van der Waals surface area contributed by atoms with E-state index in [1.807, 2.05) is 10.3 Å². The van der Waals surface area contributed by atoms with Crippen LogP contribution in [-0.2, 0) is 11.3 Å². The molecule has 1 saturated carbocycles. The first kappa shape index (κ1) is 17.6. The average Bonchev–Trinajstić information content (AvgIpc) is 3.30. The molecule has 25 heavy (non-hydrogen) atoms. The van der Waals surface area contributed by atoms with Crippen molar-refractivity contribution < 1.29 is 14.0 Å². The summed E-state index contributed by atoms with van der Waals surface area (Å²) < 4.78 is 13.0. The van der Waals surface area contributed by atoms with E-state index in [2.05, 4.69) is 5.32 Å². The number of nitrogens with one attached hydrogen (secondary N) is 1. The quantitative estimate of drug-likeness (QED) is 0.732. The SMILES string of the molecule is O=C(NCCCC(=O)N(Cc1ccc(F)cc1)C1CC1)c1ccsc1. The van der Waals surface area contributed by atoms with Gasteiger partial charge in [0.1, 0.15) is 5.82 Å². The molecule has 0 atom stereocenters. The van der Waals surface area contributed by atoms with Gasteiger partial charge >= 0.3 is 0 Å². The molecule has 0 radical (unpaired) electrons. The number of thiophene rings is 1. The number of carbonyl (C=O) groups excluding carboxylic acids is 2. The smallest absolute Gasteiger partial charge is 0.252 e. The average molecular weight is 360 g/mol. The largest absolute Gasteiger partial charge is 0.352 e. The first-order valence-corrected chi connectivity index (χ1v) is 9.42. The number of benzene rings is 1. The standard InChI is InChI=1S/C19H21FN2O2S/c20-16-5-3-14(4-6-16)12-22(17-7-8-17)18(23)2-1-10-21-19(24)15-9-11-25-13-15/h3-6,9,11,13,17H,1-2,7-8,10,12H2,(H,21,24). The van der Waals surface area contributed by atoms with Gasteiger partial charge in [-0.1, -0.05) is 12.1 Å². The predicted molar refractivity (Wildman–Crippen MR) is 95.9 cm³/mol. The predicted octanol–water partition coefficient (Wildman–Crippen LogP) is 3.59. The van der Waals surface area contributed by atoms with Crippen LogP contribution in [0.15, 0.2) is 41.1 Å². The molecule has 132 valence electrons. The molecule has 0 saturated heterocycles. The minimum atomic E-state index is -0.269. The van der Waals surface area contributed by atoms with Gasteiger partial charge in [-0.3, -0.25) is 9.59 Å². The van der Waals surface area contributed by atoms with Crippen molar-refractivity contribution in [1.29, 1.82) is 0 Å². The second-order valence-corrected chi connectivity index (χ2v) is 7.03. The Morgan fingerprint density at radius 2 is 1.96 bits per heavy atom. The number of rotatable bonds is 8. The van der Waals surface area contributed by atoms with E-state index in [1.165, 1.54) is 23.5 Å². The van der Waals surface area contributed by atoms with E-state index >= 15 is 0 Å². The van der Waals surface area contributed by atoms with Gasteiger partial charge in [0, 0.05) is 36.5 Å². The van der Waals surface area contributed by atoms with Crippen LogP contribution in [-0.4, -0.2) is 29.3 Å². The summed E-state index contributed by atoms with van der Waals surface area (Å²) in [6.45, 7) is 1.00. The first-order valence-electron chi connectivity index (χ1n) is 8.48. The normalized spacial score (nSPS) is 13.5. The van der Waals surface area contributed by atoms with E-state index in [9.17, 15) is 14.0 Å². The summed E-state index contributed by atoms with van der Waals surface area (Å²) in [7, 11) is 0. The van der Waals surface area contributed by atoms with Crippen LogP contribution >= 0.6 is 11.3 Å². The summed E-state index contributed by atoms with van der Waals surface area (Å²) >= 11 is 1.48. The number of carbonyl (C=O) groups is 2. The Balaban J connectivity index is 1.45. The molecule has 1 N–H and O–H groups in total. The highest BCUT2D eigenvalue weighted by atomic mass is 32.1. The van der Waals surface area contributed by atoms with Crippen molar-refractivity contribution in [2.45, 2.75) is 38.3 Å². The van der Waals surface area contributed by atoms with Crippen LogP contribution in [0.4, 0.5) is 4.39 Å². The minimum Gasteiger partial charge on any atom is -0.352 e. The van der Waals surface area contributed by atoms with Gasteiger partial charge in [-0.05, 0) is 48.4 Å². The molecule has 2 aromatic rings. The third-order valence-corrected chi connectivity index (χ3v) is 4.89. The molecule has 1 aromatic heterocycles. The third-order valence-electron chi connectivity index (χ3n) is 4.21. The van der Waals surface area contributed by atoms with Gasteiger partial charge in [0.2, 0.25) is 5.91 Å². The topological polar surface area (TPSA) is 49.4 Å². The van der Waals surface area contributed by atoms with Gasteiger partial charge < -0.3 is 10.2 Å². The van der Waals surface area contributed by atoms with E-state index in [4.69, 9.17) is 0 Å². The zero-order chi connectivity index (χ0) is 17.6. The van der Waals surface area contributed by atoms with Gasteiger partial charge in [-0.25, -0.2) is 4.39 Å². The molecule has 2 amide bonds. The summed E-state index contributed by atoms with van der Waals surface area (Å²) in [5.41, 5.74) is 1.60. The third kappa shape index (κ3) is 5.13. The van der Waals surface area contributed by atoms with Crippen molar-refractivity contribution in [1.82, 2.24) is 10.2 Å². The Labute approximate surface area is 150 Å². The van der Waals surface area contributed by atoms with Crippen molar-refractivity contribution in [3.05, 3.63) is 58.0 Å². The van der Waals surface area contributed by atoms with Crippen LogP contribution < -0.4 is 5.32 Å². The van der Waals surface area contributed by atoms with Crippen molar-refractivity contribution in [2.24, 2.45) is 0 Å². The molecule has 0 unspecified atom stereocenters. The van der Waals surface area contributed by atoms with Gasteiger partial charge in [-0.2, -0.15) is 11.3 Å². The molecule has 0 aliphatic heterocycles. The number of hydrogen-bond donors (Lipinski definition) is 1. The number of amides is 2. The Morgan fingerprint density at radius 3 is 2.60 bits per heavy atom. The number of nitrogens with zero attached hydrogens (tertiary/aromatic N) is 1. The maximum atomic E-state index is 13.0. The fraction of sp³-hybridized carbons (Fsp3) is 0.368. The molecule has 1 fully saturated rings. The molecule has 3 rings (SSSR count). The number of halogens is 1. The molecular weight excluding hydrogens is 339 g/mol. The minimum absolute atomic E-state index is 0.0941. The number of hydrogen-bond acceptors (Lipinski definition) is 3. The highest BCUT2D eigenvalue weighted by Gasteiger charge is 2.32. The molecule has 6 heteroatoms. The van der Waals surface area contributed by atoms with Crippen LogP contribution in [0.2, 0.25) is 0 Å². The van der Waals surface area contributed by atoms with Crippen molar-refractivity contribution in [3.63, 3.8) is 0 Å². The van der Waals surface area contributed by atoms with Crippen molar-refractivity contribution in [3.8, 4) is 0 Å². The van der Waals surface area contributed by atoms with E-state index < -0.39 is 0 Å². The molecule has 1 aromatic carbocycles. The van der Waals surface area contributed by atoms with E-state index in [0.717, 1.165) is 18.4 Å². The maximum absolute atomic E-state index is 13.0. The van der Waals surface area contributed by atoms with E-state index in [0.29, 0.717) is 37.5 Å². The van der Waals surface area contributed by atoms with Gasteiger partial charge in [0.25, 0.3) is 5.91 Å². The van der Waals surface area contributed by atoms with E-state index in [1.54, 1.807) is 23.6 Å². The summed E-state index contributed by atoms with van der Waals surface area (Å²) in [6.07, 6.45) is 3.08. The summed E-state index contributed by atoms with van der Waals surface area (Å²) in [5, 5.41) is 6.50. The first-order chi connectivity index (χ1) is 12.1. The van der Waals surface area contributed by atoms with Gasteiger partial charge in [-0.15, -0.1) is 0 Å². The fourth-order valence-corrected chi connectivity index (χ4v) is 3.31. The monoisotopic (exact) mass is 360 g/mol. The molecule has 1 aliphatic rings. The highest BCUT2D eigenvalue weighted by molar-refractivity contribution is 7.08. The van der Waals surface area contributed by atoms with Crippen LogP contribution in [0.1, 0.15) is 41.6 Å². The van der Waals surface area contributed by atoms with Crippen LogP contribution in [0, 0.1) is 5.82 Å².